The number of nitrogens with zero attached hydrogens (tertiary/aromatic N) is 6. The monoisotopic (exact) mass is 1270 g/mol. The van der Waals surface area contributed by atoms with E-state index in [4.69, 9.17) is 10.5 Å². The number of aromatic nitrogens is 2. The minimum Gasteiger partial charge on any atom is -0.504 e. The number of carbonyl (C=O) groups excluding carboxylic acids is 7. The number of ether oxygens (including phenoxy) is 1. The van der Waals surface area contributed by atoms with Crippen molar-refractivity contribution in [1.29, 1.82) is 0 Å². The van der Waals surface area contributed by atoms with Crippen LogP contribution in [0.5, 0.6) is 11.5 Å². The quantitative estimate of drug-likeness (QED) is 0.0689. The van der Waals surface area contributed by atoms with Gasteiger partial charge in [-0.3, -0.25) is 38.5 Å². The third-order valence-corrected chi connectivity index (χ3v) is 19.0. The molecule has 90 heavy (non-hydrogen) atoms. The van der Waals surface area contributed by atoms with Gasteiger partial charge in [-0.25, -0.2) is 0 Å². The average Bonchev–Trinajstić information content (AvgIpc) is 1.93. The van der Waals surface area contributed by atoms with E-state index in [0.29, 0.717) is 21.6 Å². The van der Waals surface area contributed by atoms with Gasteiger partial charge in [0.15, 0.2) is 11.5 Å². The molecule has 5 fully saturated rings. The molecule has 5 heterocycles. The number of methoxy groups -OCH3 is 1. The third kappa shape index (κ3) is 15.7. The highest BCUT2D eigenvalue weighted by molar-refractivity contribution is 7.17. The van der Waals surface area contributed by atoms with E-state index in [1.165, 1.54) is 74.5 Å². The van der Waals surface area contributed by atoms with Crippen LogP contribution in [-0.2, 0) is 35.2 Å². The highest BCUT2D eigenvalue weighted by atomic mass is 32.1. The number of benzene rings is 3. The van der Waals surface area contributed by atoms with Crippen LogP contribution in [0.3, 0.4) is 0 Å². The Morgan fingerprint density at radius 3 is 1.99 bits per heavy atom. The number of phenols is 1. The molecule has 7 amide bonds. The number of anilines is 1. The smallest absolute Gasteiger partial charge is 0.251 e. The van der Waals surface area contributed by atoms with Crippen LogP contribution in [0.25, 0.3) is 21.1 Å². The normalized spacial score (nSPS) is 28.9. The molecule has 0 spiro atoms. The van der Waals surface area contributed by atoms with Crippen molar-refractivity contribution in [2.24, 2.45) is 17.6 Å². The summed E-state index contributed by atoms with van der Waals surface area (Å²) in [5, 5.41) is 101. The summed E-state index contributed by atoms with van der Waals surface area (Å²) in [6, 6.07) is 8.36. The molecule has 5 aliphatic rings. The molecule has 4 saturated heterocycles. The first-order valence-electron chi connectivity index (χ1n) is 30.8. The van der Waals surface area contributed by atoms with Crippen molar-refractivity contribution in [3.63, 3.8) is 0 Å². The number of piperazine rings is 1. The molecule has 14 N–H and O–H groups in total. The van der Waals surface area contributed by atoms with E-state index in [9.17, 15) is 69.3 Å². The number of aromatic hydroxyl groups is 1. The van der Waals surface area contributed by atoms with E-state index < -0.39 is 152 Å². The standard InChI is InChI=1S/C62H84N12O15S/c1-32-5-14-39(15-6-32)71-21-23-72(24-22-71)40-16-12-38(13-17-40)60-70-69-59(90-60)37-10-8-36(9-11-37)54(82)65-43-27-41(76)29-64-58(86)52-53(81)33(2)30-74(52)62(88)51(46(79)19-20-63)68-57(85)50(47(80)25-35-7-18-45(78)48(26-35)89-4)67-56(84)44-28-42(77)31-73(44)61(87)49(34(3)75)66-55(43)83/h7-13,16-18,26,32-34,39,41-44,46-47,49-53,75-81H,5-6,14-15,19-25,27-31,63H2,1-4H3,(H,64,86)(H,65,82)(H,66,83)(H,67,84)(H,68,85)/t32?,33-,34+,39?,41-,42+,43-,44-,46+,47+,49-,50-,51-,52-,53-/m0/s1. The third-order valence-electron chi connectivity index (χ3n) is 18.0. The number of aliphatic hydroxyl groups excluding tert-OH is 6. The second-order valence-corrected chi connectivity index (χ2v) is 25.5. The Balaban J connectivity index is 0.947. The molecule has 4 aromatic rings. The fourth-order valence-corrected chi connectivity index (χ4v) is 13.5. The van der Waals surface area contributed by atoms with Crippen molar-refractivity contribution in [3.05, 3.63) is 77.9 Å². The summed E-state index contributed by atoms with van der Waals surface area (Å²) in [6.07, 6.45) is -6.56. The van der Waals surface area contributed by atoms with Gasteiger partial charge < -0.3 is 87.5 Å². The van der Waals surface area contributed by atoms with Crippen LogP contribution < -0.4 is 42.0 Å². The van der Waals surface area contributed by atoms with Crippen LogP contribution in [0.2, 0.25) is 0 Å². The molecule has 4 aliphatic heterocycles. The van der Waals surface area contributed by atoms with E-state index in [1.807, 2.05) is 12.1 Å². The lowest BCUT2D eigenvalue weighted by Crippen LogP contribution is -2.64. The van der Waals surface area contributed by atoms with Crippen LogP contribution in [-0.4, -0.2) is 240 Å². The van der Waals surface area contributed by atoms with E-state index in [1.54, 1.807) is 19.1 Å². The van der Waals surface area contributed by atoms with Crippen LogP contribution in [0.4, 0.5) is 5.69 Å². The summed E-state index contributed by atoms with van der Waals surface area (Å²) >= 11 is 1.36. The second-order valence-electron chi connectivity index (χ2n) is 24.6. The van der Waals surface area contributed by atoms with E-state index in [2.05, 4.69) is 65.6 Å². The Morgan fingerprint density at radius 1 is 0.733 bits per heavy atom. The van der Waals surface area contributed by atoms with Crippen molar-refractivity contribution in [1.82, 2.24) is 51.5 Å². The predicted octanol–water partition coefficient (Wildman–Crippen LogP) is -1.42. The molecule has 13 atom stereocenters. The van der Waals surface area contributed by atoms with Gasteiger partial charge in [0.05, 0.1) is 43.7 Å². The number of aliphatic hydroxyl groups is 6. The first-order valence-corrected chi connectivity index (χ1v) is 31.6. The first-order chi connectivity index (χ1) is 43.0. The SMILES string of the molecule is COc1cc(C[C@@H](O)[C@@H]2NC(=O)[C@@H]3C[C@@H](O)CN3C(=O)[C@H]([C@@H](C)O)NC(=O)[C@@H](NC(=O)c3ccc(-c4nnc(-c5ccc(N6CCN(C7CCC(C)CC7)CC6)cc5)s4)cc3)C[C@H](O)CNC(=O)[C@@H]3[C@@H](O)[C@@H](C)CN3C(=O)[C@H]([C@H](O)CCN)NC2=O)ccc1O. The number of phenolic OH excluding ortho intramolecular Hbond substituents is 1. The number of carbonyl (C=O) groups is 7. The fourth-order valence-electron chi connectivity index (χ4n) is 12.7. The average molecular weight is 1270 g/mol. The zero-order chi connectivity index (χ0) is 64.7. The number of hydrogen-bond acceptors (Lipinski definition) is 21. The van der Waals surface area contributed by atoms with Gasteiger partial charge in [-0.05, 0) is 106 Å². The van der Waals surface area contributed by atoms with Gasteiger partial charge in [-0.1, -0.05) is 43.4 Å². The molecular weight excluding hydrogens is 1180 g/mol. The lowest BCUT2D eigenvalue weighted by molar-refractivity contribution is -0.147. The molecule has 27 nitrogen and oxygen atoms in total. The van der Waals surface area contributed by atoms with Gasteiger partial charge >= 0.3 is 0 Å². The first kappa shape index (κ1) is 67.0. The Morgan fingerprint density at radius 2 is 1.36 bits per heavy atom. The topological polar surface area (TPSA) is 395 Å². The Labute approximate surface area is 525 Å². The van der Waals surface area contributed by atoms with Gasteiger partial charge in [0, 0.05) is 99.4 Å². The number of rotatable bonds is 14. The molecule has 1 aliphatic carbocycles. The van der Waals surface area contributed by atoms with E-state index >= 15 is 0 Å². The van der Waals surface area contributed by atoms with Gasteiger partial charge in [-0.15, -0.1) is 10.2 Å². The molecule has 28 heteroatoms. The van der Waals surface area contributed by atoms with Crippen molar-refractivity contribution in [2.45, 2.75) is 151 Å². The Bertz CT molecular complexity index is 3180. The number of fused-ring (bicyclic) bond motifs is 2. The summed E-state index contributed by atoms with van der Waals surface area (Å²) in [7, 11) is 1.28. The summed E-state index contributed by atoms with van der Waals surface area (Å²) in [4.78, 5) is 108. The molecule has 9 rings (SSSR count). The van der Waals surface area contributed by atoms with Crippen LogP contribution >= 0.6 is 11.3 Å². The fraction of sp³-hybridized carbons (Fsp3) is 0.565. The number of hydrogen-bond donors (Lipinski definition) is 13. The van der Waals surface area contributed by atoms with Crippen molar-refractivity contribution in [2.75, 3.05) is 64.4 Å². The van der Waals surface area contributed by atoms with E-state index in [0.717, 1.165) is 60.1 Å². The van der Waals surface area contributed by atoms with Gasteiger partial charge in [-0.2, -0.15) is 0 Å². The highest BCUT2D eigenvalue weighted by Crippen LogP contribution is 2.34. The van der Waals surface area contributed by atoms with Crippen LogP contribution in [0.1, 0.15) is 81.6 Å². The molecule has 1 saturated carbocycles. The van der Waals surface area contributed by atoms with Crippen molar-refractivity contribution >= 4 is 58.4 Å². The number of amides is 7. The zero-order valence-electron chi connectivity index (χ0n) is 50.9. The number of nitrogens with two attached hydrogens (primary N) is 1. The molecule has 0 radical (unpaired) electrons. The van der Waals surface area contributed by atoms with E-state index in [-0.39, 0.29) is 42.1 Å². The predicted molar refractivity (Wildman–Crippen MR) is 329 cm³/mol. The summed E-state index contributed by atoms with van der Waals surface area (Å²) in [5.41, 5.74) is 8.79. The second kappa shape index (κ2) is 29.7. The van der Waals surface area contributed by atoms with Crippen molar-refractivity contribution < 1.29 is 74.0 Å². The minimum absolute atomic E-state index is 0.00121. The number of β-amino-alcohol motifs (C(OH)–C–C–N with tert-alkyl or cyclic N) is 1. The lowest BCUT2D eigenvalue weighted by Gasteiger charge is -2.42. The lowest BCUT2D eigenvalue weighted by atomic mass is 9.86. The summed E-state index contributed by atoms with van der Waals surface area (Å²) < 4.78 is 5.20. The van der Waals surface area contributed by atoms with Gasteiger partial charge in [0.1, 0.15) is 46.3 Å². The van der Waals surface area contributed by atoms with Crippen molar-refractivity contribution in [3.8, 4) is 32.6 Å². The summed E-state index contributed by atoms with van der Waals surface area (Å²) in [6.45, 7) is 7.40. The number of nitrogens with one attached hydrogen (secondary N) is 5. The molecule has 3 aromatic carbocycles. The Hall–Kier alpha value is -7.41. The Kier molecular flexibility index (Phi) is 22.1. The summed E-state index contributed by atoms with van der Waals surface area (Å²) in [5.74, 6) is -7.68. The molecular formula is C62H84N12O15S. The maximum atomic E-state index is 14.7. The molecule has 488 valence electrons. The zero-order valence-corrected chi connectivity index (χ0v) is 51.7. The highest BCUT2D eigenvalue weighted by Gasteiger charge is 2.50. The maximum Gasteiger partial charge on any atom is 0.251 e. The molecule has 0 bridgehead atoms. The molecule has 1 aromatic heterocycles. The maximum absolute atomic E-state index is 14.7. The van der Waals surface area contributed by atoms with Gasteiger partial charge in [0.25, 0.3) is 5.91 Å². The minimum atomic E-state index is -2.02. The van der Waals surface area contributed by atoms with Crippen LogP contribution in [0.15, 0.2) is 66.7 Å². The molecule has 0 unspecified atom stereocenters. The largest absolute Gasteiger partial charge is 0.504 e. The van der Waals surface area contributed by atoms with Gasteiger partial charge in [0.2, 0.25) is 35.4 Å². The van der Waals surface area contributed by atoms with Crippen LogP contribution in [0, 0.1) is 11.8 Å².